The van der Waals surface area contributed by atoms with Gasteiger partial charge in [-0.3, -0.25) is 0 Å². The fraction of sp³-hybridized carbons (Fsp3) is 0.148. The van der Waals surface area contributed by atoms with Crippen LogP contribution in [0, 0.1) is 0 Å². The monoisotopic (exact) mass is 491 g/mol. The summed E-state index contributed by atoms with van der Waals surface area (Å²) in [5, 5.41) is 18.0. The zero-order valence-electron chi connectivity index (χ0n) is 20.0. The van der Waals surface area contributed by atoms with Crippen LogP contribution in [0.2, 0.25) is 0 Å². The zero-order valence-corrected chi connectivity index (χ0v) is 20.0. The topological polar surface area (TPSA) is 127 Å². The number of hydrogen-bond donors (Lipinski definition) is 3. The number of nitrogens with zero attached hydrogens (tertiary/aromatic N) is 6. The van der Waals surface area contributed by atoms with Crippen molar-refractivity contribution in [2.75, 3.05) is 42.1 Å². The number of piperazine rings is 1. The fourth-order valence-corrected chi connectivity index (χ4v) is 4.34. The van der Waals surface area contributed by atoms with Gasteiger partial charge in [0.1, 0.15) is 5.75 Å². The number of rotatable bonds is 6. The Labute approximate surface area is 213 Å². The van der Waals surface area contributed by atoms with Crippen molar-refractivity contribution in [3.8, 4) is 22.9 Å². The molecule has 6 rings (SSSR count). The van der Waals surface area contributed by atoms with Crippen LogP contribution in [0.1, 0.15) is 0 Å². The molecule has 0 radical (unpaired) electrons. The quantitative estimate of drug-likeness (QED) is 0.321. The third kappa shape index (κ3) is 4.82. The molecule has 0 spiro atoms. The molecule has 4 heterocycles. The van der Waals surface area contributed by atoms with Crippen LogP contribution in [-0.4, -0.2) is 51.3 Å². The van der Waals surface area contributed by atoms with Crippen LogP contribution in [-0.2, 0) is 0 Å². The third-order valence-electron chi connectivity index (χ3n) is 6.14. The van der Waals surface area contributed by atoms with Gasteiger partial charge in [-0.05, 0) is 42.5 Å². The Morgan fingerprint density at radius 3 is 2.46 bits per heavy atom. The van der Waals surface area contributed by atoms with Gasteiger partial charge in [-0.1, -0.05) is 24.3 Å². The number of pyridine rings is 1. The van der Waals surface area contributed by atoms with E-state index in [2.05, 4.69) is 52.8 Å². The van der Waals surface area contributed by atoms with Crippen LogP contribution < -0.4 is 26.0 Å². The molecule has 0 aliphatic carbocycles. The summed E-state index contributed by atoms with van der Waals surface area (Å²) in [5.41, 5.74) is 7.99. The van der Waals surface area contributed by atoms with Gasteiger partial charge in [-0.2, -0.15) is 0 Å². The normalized spacial score (nSPS) is 13.5. The summed E-state index contributed by atoms with van der Waals surface area (Å²) in [6.07, 6.45) is 3.28. The first-order valence-electron chi connectivity index (χ1n) is 12.0. The second-order valence-corrected chi connectivity index (χ2v) is 8.56. The summed E-state index contributed by atoms with van der Waals surface area (Å²) >= 11 is 0. The summed E-state index contributed by atoms with van der Waals surface area (Å²) < 4.78 is 6.08. The minimum absolute atomic E-state index is 0.194. The number of nitrogens with two attached hydrogens (primary N) is 1. The molecule has 1 aliphatic rings. The second kappa shape index (κ2) is 10.0. The standard InChI is InChI=1S/C27H25N9O/c28-27-31-13-11-23(33-27)22-6-3-12-30-26(22)37-19-9-7-18(8-10-19)32-24-20-4-1-2-5-21(20)25(35-34-24)36-16-14-29-15-17-36/h1-13,29H,14-17H2,(H,32,34)(H2,28,31,33). The van der Waals surface area contributed by atoms with Crippen LogP contribution in [0.3, 0.4) is 0 Å². The number of benzene rings is 2. The van der Waals surface area contributed by atoms with E-state index < -0.39 is 0 Å². The molecule has 1 aliphatic heterocycles. The minimum Gasteiger partial charge on any atom is -0.438 e. The van der Waals surface area contributed by atoms with Crippen molar-refractivity contribution < 1.29 is 4.74 Å². The Morgan fingerprint density at radius 2 is 1.65 bits per heavy atom. The summed E-state index contributed by atoms with van der Waals surface area (Å²) in [7, 11) is 0. The molecule has 0 saturated carbocycles. The van der Waals surface area contributed by atoms with Crippen molar-refractivity contribution in [3.05, 3.63) is 79.1 Å². The number of nitrogens with one attached hydrogen (secondary N) is 2. The molecule has 2 aromatic carbocycles. The van der Waals surface area contributed by atoms with Gasteiger partial charge in [-0.25, -0.2) is 15.0 Å². The number of ether oxygens (including phenoxy) is 1. The average molecular weight is 492 g/mol. The van der Waals surface area contributed by atoms with Gasteiger partial charge in [0.25, 0.3) is 0 Å². The van der Waals surface area contributed by atoms with E-state index in [1.54, 1.807) is 18.5 Å². The van der Waals surface area contributed by atoms with E-state index in [4.69, 9.17) is 10.5 Å². The second-order valence-electron chi connectivity index (χ2n) is 8.56. The highest BCUT2D eigenvalue weighted by molar-refractivity contribution is 5.99. The molecule has 5 aromatic rings. The van der Waals surface area contributed by atoms with Crippen molar-refractivity contribution in [2.45, 2.75) is 0 Å². The van der Waals surface area contributed by atoms with Gasteiger partial charge in [0.15, 0.2) is 11.6 Å². The van der Waals surface area contributed by atoms with Crippen molar-refractivity contribution in [1.82, 2.24) is 30.5 Å². The molecule has 4 N–H and O–H groups in total. The van der Waals surface area contributed by atoms with Gasteiger partial charge in [0.05, 0.1) is 11.3 Å². The van der Waals surface area contributed by atoms with E-state index in [-0.39, 0.29) is 5.95 Å². The zero-order chi connectivity index (χ0) is 25.0. The molecular formula is C27H25N9O. The Bertz CT molecular complexity index is 1540. The van der Waals surface area contributed by atoms with E-state index >= 15 is 0 Å². The molecule has 0 bridgehead atoms. The van der Waals surface area contributed by atoms with Crippen molar-refractivity contribution >= 4 is 34.0 Å². The van der Waals surface area contributed by atoms with Crippen LogP contribution >= 0.6 is 0 Å². The largest absolute Gasteiger partial charge is 0.438 e. The summed E-state index contributed by atoms with van der Waals surface area (Å²) in [6.45, 7) is 3.71. The van der Waals surface area contributed by atoms with Gasteiger partial charge in [0.2, 0.25) is 11.8 Å². The van der Waals surface area contributed by atoms with Crippen molar-refractivity contribution in [2.24, 2.45) is 0 Å². The van der Waals surface area contributed by atoms with E-state index in [1.807, 2.05) is 48.5 Å². The van der Waals surface area contributed by atoms with Crippen molar-refractivity contribution in [3.63, 3.8) is 0 Å². The smallest absolute Gasteiger partial charge is 0.228 e. The number of fused-ring (bicyclic) bond motifs is 1. The molecular weight excluding hydrogens is 466 g/mol. The number of aromatic nitrogens is 5. The summed E-state index contributed by atoms with van der Waals surface area (Å²) in [6, 6.07) is 21.3. The number of anilines is 4. The maximum atomic E-state index is 6.08. The lowest BCUT2D eigenvalue weighted by molar-refractivity contribution is 0.465. The van der Waals surface area contributed by atoms with Crippen LogP contribution in [0.15, 0.2) is 79.1 Å². The van der Waals surface area contributed by atoms with E-state index in [9.17, 15) is 0 Å². The molecule has 0 unspecified atom stereocenters. The Balaban J connectivity index is 1.23. The van der Waals surface area contributed by atoms with Gasteiger partial charge in [-0.15, -0.1) is 10.2 Å². The third-order valence-corrected chi connectivity index (χ3v) is 6.14. The van der Waals surface area contributed by atoms with Gasteiger partial charge >= 0.3 is 0 Å². The number of hydrogen-bond acceptors (Lipinski definition) is 10. The van der Waals surface area contributed by atoms with Crippen LogP contribution in [0.5, 0.6) is 11.6 Å². The SMILES string of the molecule is Nc1nccc(-c2cccnc2Oc2ccc(Nc3nnc(N4CCNCC4)c4ccccc34)cc2)n1. The number of nitrogen functional groups attached to an aromatic ring is 1. The molecule has 1 fully saturated rings. The summed E-state index contributed by atoms with van der Waals surface area (Å²) in [4.78, 5) is 14.9. The molecule has 3 aromatic heterocycles. The lowest BCUT2D eigenvalue weighted by Crippen LogP contribution is -2.44. The average Bonchev–Trinajstić information content (AvgIpc) is 2.95. The maximum absolute atomic E-state index is 6.08. The Kier molecular flexibility index (Phi) is 6.14. The first-order valence-corrected chi connectivity index (χ1v) is 12.0. The highest BCUT2D eigenvalue weighted by Gasteiger charge is 2.17. The molecule has 10 nitrogen and oxygen atoms in total. The van der Waals surface area contributed by atoms with Crippen LogP contribution in [0.4, 0.5) is 23.3 Å². The lowest BCUT2D eigenvalue weighted by Gasteiger charge is -2.29. The summed E-state index contributed by atoms with van der Waals surface area (Å²) in [5.74, 6) is 2.89. The van der Waals surface area contributed by atoms with E-state index in [0.717, 1.165) is 54.0 Å². The highest BCUT2D eigenvalue weighted by atomic mass is 16.5. The fourth-order valence-electron chi connectivity index (χ4n) is 4.34. The van der Waals surface area contributed by atoms with Crippen LogP contribution in [0.25, 0.3) is 22.0 Å². The van der Waals surface area contributed by atoms with Crippen molar-refractivity contribution in [1.29, 1.82) is 0 Å². The first kappa shape index (κ1) is 22.6. The lowest BCUT2D eigenvalue weighted by atomic mass is 10.1. The Morgan fingerprint density at radius 1 is 0.838 bits per heavy atom. The molecule has 10 heteroatoms. The van der Waals surface area contributed by atoms with E-state index in [0.29, 0.717) is 23.1 Å². The highest BCUT2D eigenvalue weighted by Crippen LogP contribution is 2.33. The molecule has 0 amide bonds. The molecule has 1 saturated heterocycles. The predicted octanol–water partition coefficient (Wildman–Crippen LogP) is 4.01. The van der Waals surface area contributed by atoms with E-state index in [1.165, 1.54) is 0 Å². The molecule has 0 atom stereocenters. The predicted molar refractivity (Wildman–Crippen MR) is 144 cm³/mol. The van der Waals surface area contributed by atoms with Gasteiger partial charge < -0.3 is 26.0 Å². The minimum atomic E-state index is 0.194. The molecule has 37 heavy (non-hydrogen) atoms. The first-order chi connectivity index (χ1) is 18.2. The maximum Gasteiger partial charge on any atom is 0.228 e. The Hall–Kier alpha value is -4.83. The van der Waals surface area contributed by atoms with Gasteiger partial charge in [0, 0.05) is 55.0 Å². The molecule has 184 valence electrons.